The molecule has 1 atom stereocenters. The molecule has 0 spiro atoms. The first-order chi connectivity index (χ1) is 12.3. The maximum atomic E-state index is 14.1. The molecule has 1 fully saturated rings. The number of carbonyl (C=O) groups excluding carboxylic acids is 2. The molecule has 26 heavy (non-hydrogen) atoms. The van der Waals surface area contributed by atoms with Crippen molar-refractivity contribution < 1.29 is 23.1 Å². The summed E-state index contributed by atoms with van der Waals surface area (Å²) in [5, 5.41) is 2.45. The van der Waals surface area contributed by atoms with Crippen LogP contribution in [0.2, 0.25) is 0 Å². The molecular formula is C19H18F2N2O3. The average molecular weight is 360 g/mol. The van der Waals surface area contributed by atoms with Crippen LogP contribution >= 0.6 is 0 Å². The Hall–Kier alpha value is -2.96. The molecule has 3 amide bonds. The first-order valence-electron chi connectivity index (χ1n) is 8.11. The third-order valence-corrected chi connectivity index (χ3v) is 4.41. The minimum absolute atomic E-state index is 0.00841. The lowest BCUT2D eigenvalue weighted by atomic mass is 9.91. The van der Waals surface area contributed by atoms with Gasteiger partial charge >= 0.3 is 6.03 Å². The average Bonchev–Trinajstić information content (AvgIpc) is 2.82. The number of benzene rings is 2. The van der Waals surface area contributed by atoms with Crippen LogP contribution in [0.15, 0.2) is 42.5 Å². The Labute approximate surface area is 149 Å². The number of rotatable bonds is 5. The van der Waals surface area contributed by atoms with Gasteiger partial charge in [-0.05, 0) is 43.7 Å². The second kappa shape index (κ2) is 6.74. The van der Waals surface area contributed by atoms with Gasteiger partial charge in [-0.2, -0.15) is 0 Å². The fourth-order valence-electron chi connectivity index (χ4n) is 2.93. The van der Waals surface area contributed by atoms with E-state index < -0.39 is 29.1 Å². The molecule has 2 aromatic rings. The molecule has 0 aliphatic carbocycles. The number of imide groups is 1. The molecule has 1 saturated heterocycles. The summed E-state index contributed by atoms with van der Waals surface area (Å²) in [5.41, 5.74) is -0.944. The van der Waals surface area contributed by atoms with Gasteiger partial charge in [-0.15, -0.1) is 0 Å². The van der Waals surface area contributed by atoms with Crippen LogP contribution < -0.4 is 10.1 Å². The molecular weight excluding hydrogens is 342 g/mol. The van der Waals surface area contributed by atoms with E-state index in [2.05, 4.69) is 5.32 Å². The lowest BCUT2D eigenvalue weighted by Gasteiger charge is -2.23. The summed E-state index contributed by atoms with van der Waals surface area (Å²) in [6.07, 6.45) is 0. The van der Waals surface area contributed by atoms with Gasteiger partial charge in [0, 0.05) is 5.56 Å². The summed E-state index contributed by atoms with van der Waals surface area (Å²) in [7, 11) is 0. The molecule has 0 bridgehead atoms. The number of urea groups is 1. The molecule has 136 valence electrons. The Kier molecular flexibility index (Phi) is 4.63. The van der Waals surface area contributed by atoms with Gasteiger partial charge in [0.2, 0.25) is 0 Å². The van der Waals surface area contributed by atoms with Crippen molar-refractivity contribution >= 4 is 11.9 Å². The van der Waals surface area contributed by atoms with E-state index in [9.17, 15) is 18.4 Å². The van der Waals surface area contributed by atoms with Crippen molar-refractivity contribution in [2.75, 3.05) is 13.2 Å². The van der Waals surface area contributed by atoms with Crippen molar-refractivity contribution in [1.29, 1.82) is 0 Å². The molecule has 1 aliphatic rings. The number of halogens is 2. The number of ether oxygens (including phenoxy) is 1. The van der Waals surface area contributed by atoms with Crippen LogP contribution in [0.5, 0.6) is 5.75 Å². The molecule has 1 N–H and O–H groups in total. The first-order valence-corrected chi connectivity index (χ1v) is 8.11. The van der Waals surface area contributed by atoms with Crippen LogP contribution in [0.4, 0.5) is 13.6 Å². The fourth-order valence-corrected chi connectivity index (χ4v) is 2.93. The van der Waals surface area contributed by atoms with Crippen molar-refractivity contribution in [3.8, 4) is 5.75 Å². The van der Waals surface area contributed by atoms with Crippen LogP contribution in [-0.2, 0) is 10.3 Å². The molecule has 0 saturated carbocycles. The van der Waals surface area contributed by atoms with E-state index in [0.717, 1.165) is 28.7 Å². The van der Waals surface area contributed by atoms with E-state index >= 15 is 0 Å². The van der Waals surface area contributed by atoms with Crippen LogP contribution in [0.3, 0.4) is 0 Å². The Bertz CT molecular complexity index is 872. The van der Waals surface area contributed by atoms with Gasteiger partial charge in [0.05, 0.1) is 6.54 Å². The summed E-state index contributed by atoms with van der Waals surface area (Å²) >= 11 is 0. The summed E-state index contributed by atoms with van der Waals surface area (Å²) < 4.78 is 33.2. The Balaban J connectivity index is 1.74. The molecule has 1 aliphatic heterocycles. The number of amides is 3. The molecule has 7 heteroatoms. The number of hydrogen-bond donors (Lipinski definition) is 1. The Morgan fingerprint density at radius 1 is 1.15 bits per heavy atom. The third kappa shape index (κ3) is 3.12. The van der Waals surface area contributed by atoms with Crippen LogP contribution in [-0.4, -0.2) is 30.0 Å². The zero-order valence-corrected chi connectivity index (χ0v) is 14.4. The summed E-state index contributed by atoms with van der Waals surface area (Å²) in [6.45, 7) is 3.32. The van der Waals surface area contributed by atoms with Gasteiger partial charge in [0.15, 0.2) is 0 Å². The molecule has 5 nitrogen and oxygen atoms in total. The number of hydrogen-bond acceptors (Lipinski definition) is 3. The molecule has 0 radical (unpaired) electrons. The first kappa shape index (κ1) is 17.8. The fraction of sp³-hybridized carbons (Fsp3) is 0.263. The monoisotopic (exact) mass is 360 g/mol. The Morgan fingerprint density at radius 3 is 2.62 bits per heavy atom. The van der Waals surface area contributed by atoms with Crippen LogP contribution in [0.25, 0.3) is 0 Å². The lowest BCUT2D eigenvalue weighted by Crippen LogP contribution is -2.42. The summed E-state index contributed by atoms with van der Waals surface area (Å²) in [5.74, 6) is -1.45. The van der Waals surface area contributed by atoms with Crippen molar-refractivity contribution in [2.24, 2.45) is 0 Å². The van der Waals surface area contributed by atoms with Crippen molar-refractivity contribution in [3.05, 3.63) is 65.2 Å². The highest BCUT2D eigenvalue weighted by Crippen LogP contribution is 2.31. The van der Waals surface area contributed by atoms with E-state index in [1.165, 1.54) is 6.92 Å². The highest BCUT2D eigenvalue weighted by Gasteiger charge is 2.50. The smallest absolute Gasteiger partial charge is 0.325 e. The number of carbonyl (C=O) groups is 2. The maximum Gasteiger partial charge on any atom is 0.325 e. The second-order valence-electron chi connectivity index (χ2n) is 6.25. The predicted octanol–water partition coefficient (Wildman–Crippen LogP) is 3.12. The van der Waals surface area contributed by atoms with E-state index in [1.54, 1.807) is 6.07 Å². The number of para-hydroxylation sites is 1. The van der Waals surface area contributed by atoms with Gasteiger partial charge in [0.25, 0.3) is 5.91 Å². The van der Waals surface area contributed by atoms with E-state index in [0.29, 0.717) is 5.75 Å². The van der Waals surface area contributed by atoms with E-state index in [-0.39, 0.29) is 18.7 Å². The van der Waals surface area contributed by atoms with Crippen LogP contribution in [0, 0.1) is 18.6 Å². The van der Waals surface area contributed by atoms with Crippen molar-refractivity contribution in [3.63, 3.8) is 0 Å². The quantitative estimate of drug-likeness (QED) is 0.834. The largest absolute Gasteiger partial charge is 0.491 e. The number of nitrogens with one attached hydrogen (secondary N) is 1. The van der Waals surface area contributed by atoms with Gasteiger partial charge < -0.3 is 10.1 Å². The van der Waals surface area contributed by atoms with Gasteiger partial charge in [0.1, 0.15) is 29.5 Å². The Morgan fingerprint density at radius 2 is 1.88 bits per heavy atom. The molecule has 2 aromatic carbocycles. The zero-order valence-electron chi connectivity index (χ0n) is 14.4. The number of aryl methyl sites for hydroxylation is 1. The molecule has 0 aromatic heterocycles. The number of nitrogens with zero attached hydrogens (tertiary/aromatic N) is 1. The highest BCUT2D eigenvalue weighted by molar-refractivity contribution is 6.07. The normalized spacial score (nSPS) is 19.6. The zero-order chi connectivity index (χ0) is 18.9. The topological polar surface area (TPSA) is 58.6 Å². The van der Waals surface area contributed by atoms with Crippen molar-refractivity contribution in [2.45, 2.75) is 19.4 Å². The third-order valence-electron chi connectivity index (χ3n) is 4.41. The van der Waals surface area contributed by atoms with E-state index in [4.69, 9.17) is 4.74 Å². The van der Waals surface area contributed by atoms with Gasteiger partial charge in [-0.25, -0.2) is 13.6 Å². The highest BCUT2D eigenvalue weighted by atomic mass is 19.1. The van der Waals surface area contributed by atoms with Crippen LogP contribution in [0.1, 0.15) is 18.1 Å². The van der Waals surface area contributed by atoms with E-state index in [1.807, 2.05) is 25.1 Å². The molecule has 3 rings (SSSR count). The minimum Gasteiger partial charge on any atom is -0.491 e. The summed E-state index contributed by atoms with van der Waals surface area (Å²) in [4.78, 5) is 25.9. The SMILES string of the molecule is Cc1ccccc1OCCN1C(=O)N[C@@](C)(c2cc(F)ccc2F)C1=O. The van der Waals surface area contributed by atoms with Gasteiger partial charge in [-0.3, -0.25) is 9.69 Å². The minimum atomic E-state index is -1.66. The lowest BCUT2D eigenvalue weighted by molar-refractivity contribution is -0.131. The standard InChI is InChI=1S/C19H18F2N2O3/c1-12-5-3-4-6-16(12)26-10-9-23-17(24)19(2,22-18(23)25)14-11-13(20)7-8-15(14)21/h3-8,11H,9-10H2,1-2H3,(H,22,25)/t19-/m0/s1. The maximum absolute atomic E-state index is 14.1. The molecule has 0 unspecified atom stereocenters. The molecule has 1 heterocycles. The summed E-state index contributed by atoms with van der Waals surface area (Å²) in [6, 6.07) is 9.49. The second-order valence-corrected chi connectivity index (χ2v) is 6.25. The predicted molar refractivity (Wildman–Crippen MR) is 90.6 cm³/mol. The van der Waals surface area contributed by atoms with Gasteiger partial charge in [-0.1, -0.05) is 18.2 Å². The van der Waals surface area contributed by atoms with Crippen molar-refractivity contribution in [1.82, 2.24) is 10.2 Å².